The van der Waals surface area contributed by atoms with Gasteiger partial charge in [0, 0.05) is 5.69 Å². The van der Waals surface area contributed by atoms with Gasteiger partial charge in [0.1, 0.15) is 0 Å². The Kier molecular flexibility index (Phi) is 3.51. The van der Waals surface area contributed by atoms with E-state index in [-0.39, 0.29) is 11.5 Å². The zero-order chi connectivity index (χ0) is 13.8. The molecule has 1 amide bonds. The first-order valence-electron chi connectivity index (χ1n) is 5.50. The zero-order valence-corrected chi connectivity index (χ0v) is 10.1. The minimum atomic E-state index is -1.03. The molecule has 0 spiro atoms. The van der Waals surface area contributed by atoms with Gasteiger partial charge in [-0.3, -0.25) is 4.79 Å². The van der Waals surface area contributed by atoms with Crippen LogP contribution in [0.2, 0.25) is 0 Å². The largest absolute Gasteiger partial charge is 0.478 e. The van der Waals surface area contributed by atoms with E-state index < -0.39 is 5.97 Å². The third kappa shape index (κ3) is 2.92. The number of carboxylic acids is 1. The Morgan fingerprint density at radius 3 is 2.63 bits per heavy atom. The first kappa shape index (κ1) is 12.7. The minimum absolute atomic E-state index is 0.158. The topological polar surface area (TPSA) is 92.2 Å². The highest BCUT2D eigenvalue weighted by Crippen LogP contribution is 2.16. The van der Waals surface area contributed by atoms with Gasteiger partial charge in [-0.15, -0.1) is 0 Å². The summed E-state index contributed by atoms with van der Waals surface area (Å²) in [6, 6.07) is 6.23. The molecule has 19 heavy (non-hydrogen) atoms. The quantitative estimate of drug-likeness (QED) is 0.873. The summed E-state index contributed by atoms with van der Waals surface area (Å²) in [5.74, 6) is -1.39. The smallest absolute Gasteiger partial charge is 0.336 e. The molecule has 1 aromatic carbocycles. The molecule has 0 unspecified atom stereocenters. The van der Waals surface area contributed by atoms with Crippen molar-refractivity contribution in [3.8, 4) is 0 Å². The number of aromatic nitrogens is 2. The summed E-state index contributed by atoms with van der Waals surface area (Å²) < 4.78 is 0. The third-order valence-electron chi connectivity index (χ3n) is 2.57. The number of nitrogens with one attached hydrogen (secondary N) is 1. The molecule has 0 aliphatic rings. The summed E-state index contributed by atoms with van der Waals surface area (Å²) in [6.07, 6.45) is 2.74. The summed E-state index contributed by atoms with van der Waals surface area (Å²) in [5.41, 5.74) is 1.57. The standard InChI is InChI=1S/C13H11N3O3/c1-8-2-3-10(6-11(8)13(18)19)16-12(17)9-4-5-14-15-7-9/h2-7H,1H3,(H,16,17)(H,18,19). The minimum Gasteiger partial charge on any atom is -0.478 e. The van der Waals surface area contributed by atoms with Gasteiger partial charge < -0.3 is 10.4 Å². The van der Waals surface area contributed by atoms with E-state index in [1.165, 1.54) is 24.5 Å². The number of carboxylic acid groups (broad SMARTS) is 1. The van der Waals surface area contributed by atoms with Crippen LogP contribution in [0.1, 0.15) is 26.3 Å². The van der Waals surface area contributed by atoms with Gasteiger partial charge in [-0.1, -0.05) is 6.07 Å². The second kappa shape index (κ2) is 5.26. The lowest BCUT2D eigenvalue weighted by atomic mass is 10.1. The maximum Gasteiger partial charge on any atom is 0.336 e. The van der Waals surface area contributed by atoms with Crippen molar-refractivity contribution in [2.24, 2.45) is 0 Å². The van der Waals surface area contributed by atoms with Crippen LogP contribution in [0.4, 0.5) is 5.69 Å². The molecule has 0 fully saturated rings. The molecule has 6 heteroatoms. The Hall–Kier alpha value is -2.76. The SMILES string of the molecule is Cc1ccc(NC(=O)c2ccnnc2)cc1C(=O)O. The molecule has 2 rings (SSSR count). The van der Waals surface area contributed by atoms with Crippen LogP contribution >= 0.6 is 0 Å². The number of rotatable bonds is 3. The molecular formula is C13H11N3O3. The van der Waals surface area contributed by atoms with Gasteiger partial charge in [-0.2, -0.15) is 10.2 Å². The van der Waals surface area contributed by atoms with E-state index in [9.17, 15) is 9.59 Å². The molecule has 0 bridgehead atoms. The molecule has 0 saturated heterocycles. The van der Waals surface area contributed by atoms with Crippen molar-refractivity contribution < 1.29 is 14.7 Å². The van der Waals surface area contributed by atoms with Crippen LogP contribution in [0.15, 0.2) is 36.7 Å². The van der Waals surface area contributed by atoms with Crippen LogP contribution in [0.25, 0.3) is 0 Å². The monoisotopic (exact) mass is 257 g/mol. The first-order valence-corrected chi connectivity index (χ1v) is 5.50. The van der Waals surface area contributed by atoms with Gasteiger partial charge in [0.05, 0.1) is 23.5 Å². The normalized spacial score (nSPS) is 9.95. The fraction of sp³-hybridized carbons (Fsp3) is 0.0769. The van der Waals surface area contributed by atoms with Crippen LogP contribution in [-0.4, -0.2) is 27.2 Å². The van der Waals surface area contributed by atoms with Crippen molar-refractivity contribution in [1.29, 1.82) is 0 Å². The van der Waals surface area contributed by atoms with E-state index in [2.05, 4.69) is 15.5 Å². The number of aryl methyl sites for hydroxylation is 1. The van der Waals surface area contributed by atoms with E-state index in [1.54, 1.807) is 19.1 Å². The van der Waals surface area contributed by atoms with Gasteiger partial charge in [-0.25, -0.2) is 4.79 Å². The molecule has 2 aromatic rings. The average Bonchev–Trinajstić information content (AvgIpc) is 2.41. The van der Waals surface area contributed by atoms with Crippen molar-refractivity contribution in [1.82, 2.24) is 10.2 Å². The predicted octanol–water partition coefficient (Wildman–Crippen LogP) is 1.74. The maximum absolute atomic E-state index is 11.9. The van der Waals surface area contributed by atoms with Crippen LogP contribution in [0.3, 0.4) is 0 Å². The second-order valence-corrected chi connectivity index (χ2v) is 3.92. The molecular weight excluding hydrogens is 246 g/mol. The Morgan fingerprint density at radius 2 is 2.00 bits per heavy atom. The highest BCUT2D eigenvalue weighted by molar-refractivity contribution is 6.04. The molecule has 0 aliphatic heterocycles. The fourth-order valence-electron chi connectivity index (χ4n) is 1.56. The van der Waals surface area contributed by atoms with Gasteiger partial charge in [0.15, 0.2) is 0 Å². The molecule has 0 radical (unpaired) electrons. The Bertz CT molecular complexity index is 626. The van der Waals surface area contributed by atoms with E-state index in [0.29, 0.717) is 16.8 Å². The van der Waals surface area contributed by atoms with Gasteiger partial charge in [0.2, 0.25) is 0 Å². The highest BCUT2D eigenvalue weighted by Gasteiger charge is 2.10. The number of benzene rings is 1. The lowest BCUT2D eigenvalue weighted by Gasteiger charge is -2.07. The zero-order valence-electron chi connectivity index (χ0n) is 10.1. The Morgan fingerprint density at radius 1 is 1.21 bits per heavy atom. The van der Waals surface area contributed by atoms with Gasteiger partial charge in [-0.05, 0) is 30.7 Å². The highest BCUT2D eigenvalue weighted by atomic mass is 16.4. The summed E-state index contributed by atoms with van der Waals surface area (Å²) in [5, 5.41) is 18.8. The van der Waals surface area contributed by atoms with Gasteiger partial charge in [0.25, 0.3) is 5.91 Å². The number of carbonyl (C=O) groups excluding carboxylic acids is 1. The molecule has 0 aliphatic carbocycles. The third-order valence-corrected chi connectivity index (χ3v) is 2.57. The van der Waals surface area contributed by atoms with Crippen LogP contribution in [-0.2, 0) is 0 Å². The number of amides is 1. The average molecular weight is 257 g/mol. The van der Waals surface area contributed by atoms with Crippen molar-refractivity contribution in [3.05, 3.63) is 53.3 Å². The molecule has 1 heterocycles. The number of aromatic carboxylic acids is 1. The number of nitrogens with zero attached hydrogens (tertiary/aromatic N) is 2. The molecule has 96 valence electrons. The van der Waals surface area contributed by atoms with E-state index in [4.69, 9.17) is 5.11 Å². The van der Waals surface area contributed by atoms with Crippen LogP contribution in [0, 0.1) is 6.92 Å². The molecule has 1 aromatic heterocycles. The molecule has 6 nitrogen and oxygen atoms in total. The predicted molar refractivity (Wildman–Crippen MR) is 68.1 cm³/mol. The summed E-state index contributed by atoms with van der Waals surface area (Å²) >= 11 is 0. The molecule has 2 N–H and O–H groups in total. The Balaban J connectivity index is 2.23. The summed E-state index contributed by atoms with van der Waals surface area (Å²) in [7, 11) is 0. The van der Waals surface area contributed by atoms with E-state index >= 15 is 0 Å². The van der Waals surface area contributed by atoms with Gasteiger partial charge >= 0.3 is 5.97 Å². The number of anilines is 1. The first-order chi connectivity index (χ1) is 9.08. The molecule has 0 atom stereocenters. The van der Waals surface area contributed by atoms with Crippen molar-refractivity contribution >= 4 is 17.6 Å². The number of hydrogen-bond donors (Lipinski definition) is 2. The Labute approximate surface area is 109 Å². The van der Waals surface area contributed by atoms with E-state index in [0.717, 1.165) is 0 Å². The van der Waals surface area contributed by atoms with Crippen molar-refractivity contribution in [2.45, 2.75) is 6.92 Å². The van der Waals surface area contributed by atoms with Crippen LogP contribution < -0.4 is 5.32 Å². The summed E-state index contributed by atoms with van der Waals surface area (Å²) in [4.78, 5) is 22.9. The fourth-order valence-corrected chi connectivity index (χ4v) is 1.56. The van der Waals surface area contributed by atoms with E-state index in [1.807, 2.05) is 0 Å². The maximum atomic E-state index is 11.9. The van der Waals surface area contributed by atoms with Crippen molar-refractivity contribution in [2.75, 3.05) is 5.32 Å². The second-order valence-electron chi connectivity index (χ2n) is 3.92. The van der Waals surface area contributed by atoms with Crippen LogP contribution in [0.5, 0.6) is 0 Å². The lowest BCUT2D eigenvalue weighted by Crippen LogP contribution is -2.13. The summed E-state index contributed by atoms with van der Waals surface area (Å²) in [6.45, 7) is 1.70. The number of carbonyl (C=O) groups is 2. The molecule has 0 saturated carbocycles. The van der Waals surface area contributed by atoms with Crippen molar-refractivity contribution in [3.63, 3.8) is 0 Å². The number of hydrogen-bond acceptors (Lipinski definition) is 4. The lowest BCUT2D eigenvalue weighted by molar-refractivity contribution is 0.0695.